The Balaban J connectivity index is 1.44. The maximum absolute atomic E-state index is 12.2. The molecule has 0 aliphatic heterocycles. The molecular weight excluding hydrogens is 314 g/mol. The number of carbonyl (C=O) groups excluding carboxylic acids is 1. The van der Waals surface area contributed by atoms with Gasteiger partial charge in [0.25, 0.3) is 0 Å². The summed E-state index contributed by atoms with van der Waals surface area (Å²) in [7, 11) is 0. The van der Waals surface area contributed by atoms with Crippen LogP contribution in [0, 0.1) is 0 Å². The smallest absolute Gasteiger partial charge is 0.407 e. The molecule has 2 aliphatic carbocycles. The lowest BCUT2D eigenvalue weighted by atomic mass is 9.98. The second-order valence-electron chi connectivity index (χ2n) is 7.06. The summed E-state index contributed by atoms with van der Waals surface area (Å²) in [5, 5.41) is 12.0. The zero-order chi connectivity index (χ0) is 17.3. The molecular formula is C21H23NO3. The van der Waals surface area contributed by atoms with E-state index in [1.807, 2.05) is 24.3 Å². The van der Waals surface area contributed by atoms with Crippen molar-refractivity contribution in [2.45, 2.75) is 37.1 Å². The quantitative estimate of drug-likeness (QED) is 0.842. The van der Waals surface area contributed by atoms with Crippen LogP contribution in [0.1, 0.15) is 42.7 Å². The van der Waals surface area contributed by atoms with Gasteiger partial charge in [-0.2, -0.15) is 0 Å². The predicted octanol–water partition coefficient (Wildman–Crippen LogP) is 3.83. The van der Waals surface area contributed by atoms with Crippen LogP contribution in [0.3, 0.4) is 0 Å². The minimum absolute atomic E-state index is 0.0887. The Labute approximate surface area is 147 Å². The van der Waals surface area contributed by atoms with Crippen LogP contribution in [0.4, 0.5) is 4.79 Å². The van der Waals surface area contributed by atoms with Crippen LogP contribution in [0.5, 0.6) is 0 Å². The molecule has 0 radical (unpaired) electrons. The number of benzene rings is 2. The second-order valence-corrected chi connectivity index (χ2v) is 7.06. The van der Waals surface area contributed by atoms with Crippen molar-refractivity contribution in [3.05, 3.63) is 59.7 Å². The van der Waals surface area contributed by atoms with Gasteiger partial charge in [0, 0.05) is 18.1 Å². The normalized spacial score (nSPS) is 16.8. The van der Waals surface area contributed by atoms with E-state index in [1.165, 1.54) is 22.3 Å². The van der Waals surface area contributed by atoms with E-state index in [0.717, 1.165) is 19.3 Å². The summed E-state index contributed by atoms with van der Waals surface area (Å²) in [5.41, 5.74) is 4.75. The predicted molar refractivity (Wildman–Crippen MR) is 96.5 cm³/mol. The molecule has 4 heteroatoms. The van der Waals surface area contributed by atoms with Crippen molar-refractivity contribution < 1.29 is 14.6 Å². The molecule has 1 fully saturated rings. The molecule has 0 unspecified atom stereocenters. The number of hydrogen-bond acceptors (Lipinski definition) is 3. The number of alkyl carbamates (subject to hydrolysis) is 1. The van der Waals surface area contributed by atoms with Gasteiger partial charge >= 0.3 is 6.09 Å². The highest BCUT2D eigenvalue weighted by atomic mass is 16.5. The first kappa shape index (κ1) is 16.2. The lowest BCUT2D eigenvalue weighted by Crippen LogP contribution is -2.38. The Morgan fingerprint density at radius 2 is 1.68 bits per heavy atom. The van der Waals surface area contributed by atoms with Crippen LogP contribution in [-0.2, 0) is 4.74 Å². The van der Waals surface area contributed by atoms with Gasteiger partial charge in [0.05, 0.1) is 0 Å². The van der Waals surface area contributed by atoms with Crippen LogP contribution in [-0.4, -0.2) is 30.0 Å². The maximum Gasteiger partial charge on any atom is 0.407 e. The molecule has 0 spiro atoms. The molecule has 2 aliphatic rings. The molecule has 2 aromatic carbocycles. The molecule has 0 aromatic heterocycles. The largest absolute Gasteiger partial charge is 0.449 e. The van der Waals surface area contributed by atoms with E-state index in [0.29, 0.717) is 13.0 Å². The molecule has 0 saturated heterocycles. The van der Waals surface area contributed by atoms with Crippen LogP contribution in [0.15, 0.2) is 48.5 Å². The summed E-state index contributed by atoms with van der Waals surface area (Å²) in [6.45, 7) is 0.504. The fourth-order valence-corrected chi connectivity index (χ4v) is 3.86. The fraction of sp³-hybridized carbons (Fsp3) is 0.381. The Morgan fingerprint density at radius 3 is 2.24 bits per heavy atom. The number of nitrogens with one attached hydrogen (secondary N) is 1. The molecule has 4 nitrogen and oxygen atoms in total. The number of rotatable bonds is 6. The van der Waals surface area contributed by atoms with E-state index in [2.05, 4.69) is 29.6 Å². The maximum atomic E-state index is 12.2. The van der Waals surface area contributed by atoms with Crippen molar-refractivity contribution in [1.29, 1.82) is 0 Å². The summed E-state index contributed by atoms with van der Waals surface area (Å²) >= 11 is 0. The van der Waals surface area contributed by atoms with E-state index in [9.17, 15) is 4.79 Å². The van der Waals surface area contributed by atoms with Crippen molar-refractivity contribution in [1.82, 2.24) is 5.32 Å². The molecule has 2 aromatic rings. The van der Waals surface area contributed by atoms with Gasteiger partial charge in [-0.25, -0.2) is 4.79 Å². The topological polar surface area (TPSA) is 58.6 Å². The first-order valence-electron chi connectivity index (χ1n) is 8.96. The van der Waals surface area contributed by atoms with Gasteiger partial charge in [-0.1, -0.05) is 48.5 Å². The first-order valence-corrected chi connectivity index (χ1v) is 8.96. The third-order valence-corrected chi connectivity index (χ3v) is 5.38. The third kappa shape index (κ3) is 3.14. The molecule has 130 valence electrons. The highest BCUT2D eigenvalue weighted by Crippen LogP contribution is 2.44. The summed E-state index contributed by atoms with van der Waals surface area (Å²) in [6, 6.07) is 16.6. The monoisotopic (exact) mass is 337 g/mol. The molecule has 0 heterocycles. The number of hydrogen-bond donors (Lipinski definition) is 2. The number of aliphatic hydroxyl groups is 1. The van der Waals surface area contributed by atoms with Gasteiger partial charge in [0.15, 0.2) is 0 Å². The second kappa shape index (κ2) is 6.52. The number of carbonyl (C=O) groups is 1. The van der Waals surface area contributed by atoms with Gasteiger partial charge in [0.1, 0.15) is 6.61 Å². The van der Waals surface area contributed by atoms with Crippen LogP contribution in [0.2, 0.25) is 0 Å². The summed E-state index contributed by atoms with van der Waals surface area (Å²) < 4.78 is 5.58. The van der Waals surface area contributed by atoms with E-state index in [4.69, 9.17) is 9.84 Å². The Hall–Kier alpha value is -2.33. The van der Waals surface area contributed by atoms with Crippen molar-refractivity contribution >= 4 is 6.09 Å². The third-order valence-electron chi connectivity index (χ3n) is 5.38. The first-order chi connectivity index (χ1) is 12.2. The minimum Gasteiger partial charge on any atom is -0.449 e. The molecule has 0 atom stereocenters. The van der Waals surface area contributed by atoms with Crippen molar-refractivity contribution in [3.63, 3.8) is 0 Å². The number of fused-ring (bicyclic) bond motifs is 3. The minimum atomic E-state index is -0.350. The number of ether oxygens (including phenoxy) is 1. The fourth-order valence-electron chi connectivity index (χ4n) is 3.86. The molecule has 2 N–H and O–H groups in total. The Kier molecular flexibility index (Phi) is 4.22. The standard InChI is InChI=1S/C21H23NO3/c23-13-5-10-21(11-12-21)22-20(24)25-14-19-17-8-3-1-6-15(17)16-7-2-4-9-18(16)19/h1-4,6-9,19,23H,5,10-14H2,(H,22,24). The molecule has 25 heavy (non-hydrogen) atoms. The van der Waals surface area contributed by atoms with E-state index in [1.54, 1.807) is 0 Å². The van der Waals surface area contributed by atoms with Crippen LogP contribution < -0.4 is 5.32 Å². The average Bonchev–Trinajstić information content (AvgIpc) is 3.32. The average molecular weight is 337 g/mol. The van der Waals surface area contributed by atoms with E-state index < -0.39 is 0 Å². The number of amides is 1. The molecule has 0 bridgehead atoms. The van der Waals surface area contributed by atoms with Crippen molar-refractivity contribution in [3.8, 4) is 11.1 Å². The lowest BCUT2D eigenvalue weighted by molar-refractivity contribution is 0.136. The highest BCUT2D eigenvalue weighted by molar-refractivity contribution is 5.79. The van der Waals surface area contributed by atoms with Gasteiger partial charge in [-0.15, -0.1) is 0 Å². The van der Waals surface area contributed by atoms with Crippen LogP contribution >= 0.6 is 0 Å². The molecule has 4 rings (SSSR count). The Bertz CT molecular complexity index is 737. The molecule has 1 amide bonds. The number of aliphatic hydroxyl groups excluding tert-OH is 1. The van der Waals surface area contributed by atoms with Gasteiger partial charge < -0.3 is 15.2 Å². The van der Waals surface area contributed by atoms with Gasteiger partial charge in [0.2, 0.25) is 0 Å². The SMILES string of the molecule is O=C(NC1(CCCO)CC1)OCC1c2ccccc2-c2ccccc21. The Morgan fingerprint density at radius 1 is 1.08 bits per heavy atom. The summed E-state index contributed by atoms with van der Waals surface area (Å²) in [6.07, 6.45) is 3.11. The molecule has 1 saturated carbocycles. The zero-order valence-electron chi connectivity index (χ0n) is 14.2. The van der Waals surface area contributed by atoms with Crippen LogP contribution in [0.25, 0.3) is 11.1 Å². The van der Waals surface area contributed by atoms with E-state index in [-0.39, 0.29) is 24.2 Å². The van der Waals surface area contributed by atoms with Gasteiger partial charge in [-0.05, 0) is 47.9 Å². The highest BCUT2D eigenvalue weighted by Gasteiger charge is 2.43. The van der Waals surface area contributed by atoms with E-state index >= 15 is 0 Å². The lowest BCUT2D eigenvalue weighted by Gasteiger charge is -2.19. The van der Waals surface area contributed by atoms with Crippen molar-refractivity contribution in [2.24, 2.45) is 0 Å². The van der Waals surface area contributed by atoms with Crippen molar-refractivity contribution in [2.75, 3.05) is 13.2 Å². The summed E-state index contributed by atoms with van der Waals surface area (Å²) in [4.78, 5) is 12.2. The van der Waals surface area contributed by atoms with Gasteiger partial charge in [-0.3, -0.25) is 0 Å². The summed E-state index contributed by atoms with van der Waals surface area (Å²) in [5.74, 6) is 0.0887. The zero-order valence-corrected chi connectivity index (χ0v) is 14.2.